The minimum Gasteiger partial charge on any atom is -1.00 e. The molecule has 0 aromatic heterocycles. The minimum absolute atomic E-state index is 0. The van der Waals surface area contributed by atoms with Crippen LogP contribution in [-0.4, -0.2) is 24.1 Å². The van der Waals surface area contributed by atoms with E-state index in [-0.39, 0.29) is 12.4 Å². The Bertz CT molecular complexity index is 81.7. The molecule has 3 heteroatoms. The maximum atomic E-state index is 2.43. The Morgan fingerprint density at radius 3 is 2.50 bits per heavy atom. The summed E-state index contributed by atoms with van der Waals surface area (Å²) in [6.45, 7) is 7.30. The molecule has 1 atom stereocenters. The lowest BCUT2D eigenvalue weighted by atomic mass is 10.1. The van der Waals surface area contributed by atoms with Gasteiger partial charge in [-0.15, -0.1) is 11.8 Å². The molecule has 1 rings (SSSR count). The molecule has 0 spiro atoms. The van der Waals surface area contributed by atoms with Crippen molar-refractivity contribution in [2.45, 2.75) is 19.1 Å². The summed E-state index contributed by atoms with van der Waals surface area (Å²) in [5, 5.41) is 3.35. The number of hydrogen-bond acceptors (Lipinski definition) is 1. The maximum absolute atomic E-state index is 2.43. The van der Waals surface area contributed by atoms with Crippen LogP contribution in [0.25, 0.3) is 0 Å². The van der Waals surface area contributed by atoms with Crippen LogP contribution < -0.4 is 17.7 Å². The summed E-state index contributed by atoms with van der Waals surface area (Å²) >= 11 is 2.14. The zero-order valence-corrected chi connectivity index (χ0v) is 8.21. The van der Waals surface area contributed by atoms with Crippen LogP contribution in [0.4, 0.5) is 0 Å². The fraction of sp³-hybridized carbons (Fsp3) is 1.00. The zero-order valence-electron chi connectivity index (χ0n) is 6.64. The van der Waals surface area contributed by atoms with E-state index >= 15 is 0 Å². The molecule has 0 aromatic carbocycles. The molecule has 0 bridgehead atoms. The van der Waals surface area contributed by atoms with E-state index in [4.69, 9.17) is 0 Å². The Morgan fingerprint density at radius 2 is 2.20 bits per heavy atom. The number of hydrogen-bond donors (Lipinski definition) is 1. The predicted molar refractivity (Wildman–Crippen MR) is 42.7 cm³/mol. The molecular weight excluding hydrogens is 166 g/mol. The molecule has 1 unspecified atom stereocenters. The third kappa shape index (κ3) is 3.13. The second kappa shape index (κ2) is 5.28. The molecule has 0 saturated carbocycles. The monoisotopic (exact) mass is 181 g/mol. The van der Waals surface area contributed by atoms with Gasteiger partial charge in [0.2, 0.25) is 0 Å². The van der Waals surface area contributed by atoms with Crippen molar-refractivity contribution >= 4 is 11.8 Å². The van der Waals surface area contributed by atoms with Gasteiger partial charge in [-0.25, -0.2) is 0 Å². The fourth-order valence-corrected chi connectivity index (χ4v) is 2.38. The minimum atomic E-state index is 0. The lowest BCUT2D eigenvalue weighted by molar-refractivity contribution is -0.652. The smallest absolute Gasteiger partial charge is 0.0878 e. The Morgan fingerprint density at radius 1 is 1.50 bits per heavy atom. The standard InChI is InChI=1S/C7H15NS.ClH/c1-6(2)7-5-8-3-4-9-7;/h6-8H,3-5H2,1-2H3;1H. The van der Waals surface area contributed by atoms with Gasteiger partial charge in [-0.2, -0.15) is 0 Å². The van der Waals surface area contributed by atoms with Crippen molar-refractivity contribution in [1.82, 2.24) is 0 Å². The first kappa shape index (κ1) is 10.6. The van der Waals surface area contributed by atoms with Crippen LogP contribution in [0.2, 0.25) is 0 Å². The van der Waals surface area contributed by atoms with Crippen LogP contribution in [0.15, 0.2) is 0 Å². The van der Waals surface area contributed by atoms with Crippen molar-refractivity contribution in [3.05, 3.63) is 0 Å². The fourth-order valence-electron chi connectivity index (χ4n) is 1.12. The van der Waals surface area contributed by atoms with E-state index in [9.17, 15) is 0 Å². The van der Waals surface area contributed by atoms with E-state index in [0.29, 0.717) is 0 Å². The van der Waals surface area contributed by atoms with Crippen molar-refractivity contribution in [3.8, 4) is 0 Å². The highest BCUT2D eigenvalue weighted by atomic mass is 35.5. The Kier molecular flexibility index (Phi) is 5.59. The summed E-state index contributed by atoms with van der Waals surface area (Å²) < 4.78 is 0. The van der Waals surface area contributed by atoms with Crippen LogP contribution in [0.5, 0.6) is 0 Å². The number of halogens is 1. The largest absolute Gasteiger partial charge is 1.00 e. The van der Waals surface area contributed by atoms with E-state index < -0.39 is 0 Å². The van der Waals surface area contributed by atoms with Gasteiger partial charge in [-0.05, 0) is 5.92 Å². The first-order valence-electron chi connectivity index (χ1n) is 3.74. The van der Waals surface area contributed by atoms with E-state index in [1.807, 2.05) is 0 Å². The molecule has 0 radical (unpaired) electrons. The molecule has 62 valence electrons. The molecule has 0 amide bonds. The highest BCUT2D eigenvalue weighted by molar-refractivity contribution is 8.00. The van der Waals surface area contributed by atoms with Gasteiger partial charge in [0, 0.05) is 5.75 Å². The lowest BCUT2D eigenvalue weighted by Gasteiger charge is -2.22. The highest BCUT2D eigenvalue weighted by Crippen LogP contribution is 2.18. The number of nitrogens with two attached hydrogens (primary N) is 1. The summed E-state index contributed by atoms with van der Waals surface area (Å²) in [5.41, 5.74) is 0. The highest BCUT2D eigenvalue weighted by Gasteiger charge is 2.18. The van der Waals surface area contributed by atoms with Crippen LogP contribution in [0.3, 0.4) is 0 Å². The van der Waals surface area contributed by atoms with Gasteiger partial charge in [0.05, 0.1) is 18.3 Å². The second-order valence-corrected chi connectivity index (χ2v) is 4.31. The summed E-state index contributed by atoms with van der Waals surface area (Å²) in [6, 6.07) is 0. The molecule has 0 aromatic rings. The molecule has 1 fully saturated rings. The molecule has 1 aliphatic rings. The number of rotatable bonds is 1. The van der Waals surface area contributed by atoms with Gasteiger partial charge in [0.25, 0.3) is 0 Å². The van der Waals surface area contributed by atoms with Crippen molar-refractivity contribution in [2.24, 2.45) is 5.92 Å². The quantitative estimate of drug-likeness (QED) is 0.467. The average molecular weight is 182 g/mol. The third-order valence-electron chi connectivity index (χ3n) is 1.80. The van der Waals surface area contributed by atoms with Gasteiger partial charge < -0.3 is 17.7 Å². The number of quaternary nitrogens is 1. The molecule has 1 nitrogen and oxygen atoms in total. The maximum Gasteiger partial charge on any atom is 0.0878 e. The molecule has 2 N–H and O–H groups in total. The van der Waals surface area contributed by atoms with Crippen molar-refractivity contribution < 1.29 is 17.7 Å². The topological polar surface area (TPSA) is 16.6 Å². The Labute approximate surface area is 73.7 Å². The summed E-state index contributed by atoms with van der Waals surface area (Å²) in [7, 11) is 0. The van der Waals surface area contributed by atoms with E-state index in [1.165, 1.54) is 18.8 Å². The first-order chi connectivity index (χ1) is 4.30. The van der Waals surface area contributed by atoms with Gasteiger partial charge >= 0.3 is 0 Å². The first-order valence-corrected chi connectivity index (χ1v) is 4.79. The normalized spacial score (nSPS) is 26.1. The molecular formula is C7H16ClNS. The van der Waals surface area contributed by atoms with Gasteiger partial charge in [0.1, 0.15) is 0 Å². The third-order valence-corrected chi connectivity index (χ3v) is 3.43. The van der Waals surface area contributed by atoms with Crippen LogP contribution in [-0.2, 0) is 0 Å². The van der Waals surface area contributed by atoms with Gasteiger partial charge in [-0.3, -0.25) is 0 Å². The average Bonchev–Trinajstić information content (AvgIpc) is 1.90. The predicted octanol–water partition coefficient (Wildman–Crippen LogP) is -2.67. The van der Waals surface area contributed by atoms with Gasteiger partial charge in [0.15, 0.2) is 0 Å². The summed E-state index contributed by atoms with van der Waals surface area (Å²) in [6.07, 6.45) is 0. The molecule has 10 heavy (non-hydrogen) atoms. The summed E-state index contributed by atoms with van der Waals surface area (Å²) in [5.74, 6) is 2.22. The van der Waals surface area contributed by atoms with E-state index in [1.54, 1.807) is 0 Å². The SMILES string of the molecule is CC(C)C1C[NH2+]CCS1.[Cl-]. The molecule has 1 aliphatic heterocycles. The van der Waals surface area contributed by atoms with E-state index in [0.717, 1.165) is 11.2 Å². The van der Waals surface area contributed by atoms with Crippen LogP contribution >= 0.6 is 11.8 Å². The van der Waals surface area contributed by atoms with Crippen LogP contribution in [0.1, 0.15) is 13.8 Å². The molecule has 1 saturated heterocycles. The Balaban J connectivity index is 0.000000810. The summed E-state index contributed by atoms with van der Waals surface area (Å²) in [4.78, 5) is 0. The van der Waals surface area contributed by atoms with Crippen molar-refractivity contribution in [3.63, 3.8) is 0 Å². The van der Waals surface area contributed by atoms with Crippen molar-refractivity contribution in [1.29, 1.82) is 0 Å². The zero-order chi connectivity index (χ0) is 6.69. The Hall–Kier alpha value is 0.600. The van der Waals surface area contributed by atoms with Crippen molar-refractivity contribution in [2.75, 3.05) is 18.8 Å². The molecule has 0 aliphatic carbocycles. The second-order valence-electron chi connectivity index (χ2n) is 2.97. The number of thioether (sulfide) groups is 1. The van der Waals surface area contributed by atoms with Gasteiger partial charge in [-0.1, -0.05) is 13.8 Å². The molecule has 1 heterocycles. The lowest BCUT2D eigenvalue weighted by Crippen LogP contribution is -3.00. The van der Waals surface area contributed by atoms with Crippen LogP contribution in [0, 0.1) is 5.92 Å². The van der Waals surface area contributed by atoms with E-state index in [2.05, 4.69) is 30.9 Å².